The summed E-state index contributed by atoms with van der Waals surface area (Å²) in [6.45, 7) is 2.15. The molecule has 0 aromatic heterocycles. The Hall–Kier alpha value is -1.14. The van der Waals surface area contributed by atoms with E-state index in [9.17, 15) is 9.59 Å². The summed E-state index contributed by atoms with van der Waals surface area (Å²) in [5.41, 5.74) is 5.79. The molecule has 1 heterocycles. The van der Waals surface area contributed by atoms with E-state index in [-0.39, 0.29) is 24.4 Å². The molecule has 0 unspecified atom stereocenters. The van der Waals surface area contributed by atoms with Gasteiger partial charge >= 0.3 is 0 Å². The maximum Gasteiger partial charge on any atom is 0.239 e. The van der Waals surface area contributed by atoms with Gasteiger partial charge in [0.1, 0.15) is 0 Å². The summed E-state index contributed by atoms with van der Waals surface area (Å²) < 4.78 is 0. The summed E-state index contributed by atoms with van der Waals surface area (Å²) in [5, 5.41) is 2.87. The molecule has 102 valence electrons. The topological polar surface area (TPSA) is 78.7 Å². The van der Waals surface area contributed by atoms with Gasteiger partial charge in [0.05, 0.1) is 13.1 Å². The van der Waals surface area contributed by atoms with E-state index < -0.39 is 0 Å². The summed E-state index contributed by atoms with van der Waals surface area (Å²) in [5.74, 6) is -0.0819. The van der Waals surface area contributed by atoms with Crippen molar-refractivity contribution in [2.45, 2.75) is 31.3 Å². The van der Waals surface area contributed by atoms with Crippen LogP contribution in [-0.4, -0.2) is 66.9 Å². The summed E-state index contributed by atoms with van der Waals surface area (Å²) >= 11 is 0. The molecule has 1 aliphatic heterocycles. The molecule has 18 heavy (non-hydrogen) atoms. The van der Waals surface area contributed by atoms with Crippen molar-refractivity contribution in [3.8, 4) is 0 Å². The first-order chi connectivity index (χ1) is 8.54. The van der Waals surface area contributed by atoms with E-state index in [1.54, 1.807) is 7.05 Å². The van der Waals surface area contributed by atoms with Gasteiger partial charge in [-0.3, -0.25) is 14.5 Å². The molecular formula is C12H22N4O2. The number of likely N-dealkylation sites (N-methyl/N-ethyl adjacent to an activating group) is 1. The second kappa shape index (κ2) is 5.67. The number of amides is 2. The lowest BCUT2D eigenvalue weighted by atomic mass is 10.3. The van der Waals surface area contributed by atoms with Crippen molar-refractivity contribution in [1.82, 2.24) is 15.1 Å². The molecular weight excluding hydrogens is 232 g/mol. The maximum absolute atomic E-state index is 11.9. The lowest BCUT2D eigenvalue weighted by molar-refractivity contribution is -0.135. The van der Waals surface area contributed by atoms with Crippen LogP contribution in [0.15, 0.2) is 0 Å². The van der Waals surface area contributed by atoms with Gasteiger partial charge in [-0.1, -0.05) is 0 Å². The van der Waals surface area contributed by atoms with Gasteiger partial charge in [0.2, 0.25) is 11.8 Å². The van der Waals surface area contributed by atoms with Crippen LogP contribution in [0.2, 0.25) is 0 Å². The van der Waals surface area contributed by atoms with Crippen LogP contribution in [0.25, 0.3) is 0 Å². The molecule has 2 aliphatic rings. The lowest BCUT2D eigenvalue weighted by Crippen LogP contribution is -2.43. The van der Waals surface area contributed by atoms with Crippen molar-refractivity contribution < 1.29 is 9.59 Å². The van der Waals surface area contributed by atoms with Crippen molar-refractivity contribution in [2.75, 3.05) is 33.2 Å². The minimum absolute atomic E-state index is 0.0185. The highest BCUT2D eigenvalue weighted by Crippen LogP contribution is 2.18. The number of nitrogens with one attached hydrogen (secondary N) is 1. The number of nitrogens with two attached hydrogens (primary N) is 1. The first-order valence-electron chi connectivity index (χ1n) is 6.56. The Bertz CT molecular complexity index is 330. The Labute approximate surface area is 107 Å². The molecule has 6 heteroatoms. The number of carbonyl (C=O) groups is 2. The van der Waals surface area contributed by atoms with Gasteiger partial charge < -0.3 is 16.0 Å². The van der Waals surface area contributed by atoms with Crippen LogP contribution in [0.4, 0.5) is 0 Å². The zero-order valence-corrected chi connectivity index (χ0v) is 10.9. The van der Waals surface area contributed by atoms with Gasteiger partial charge in [0, 0.05) is 32.2 Å². The van der Waals surface area contributed by atoms with Crippen molar-refractivity contribution in [3.05, 3.63) is 0 Å². The van der Waals surface area contributed by atoms with Crippen LogP contribution >= 0.6 is 0 Å². The molecule has 2 rings (SSSR count). The fourth-order valence-electron chi connectivity index (χ4n) is 2.12. The van der Waals surface area contributed by atoms with E-state index >= 15 is 0 Å². The van der Waals surface area contributed by atoms with Gasteiger partial charge in [0.25, 0.3) is 0 Å². The number of hydrogen-bond donors (Lipinski definition) is 2. The van der Waals surface area contributed by atoms with Crippen molar-refractivity contribution >= 4 is 11.8 Å². The SMILES string of the molecule is CN(CC(=O)NC1CC1)C(=O)CN1CC[C@@H](N)C1. The summed E-state index contributed by atoms with van der Waals surface area (Å²) in [4.78, 5) is 27.0. The standard InChI is InChI=1S/C12H22N4O2/c1-15(7-11(17)14-10-2-3-10)12(18)8-16-5-4-9(13)6-16/h9-10H,2-8,13H2,1H3,(H,14,17)/t9-/m1/s1. The summed E-state index contributed by atoms with van der Waals surface area (Å²) in [6, 6.07) is 0.527. The largest absolute Gasteiger partial charge is 0.352 e. The Morgan fingerprint density at radius 3 is 2.67 bits per heavy atom. The van der Waals surface area contributed by atoms with Gasteiger partial charge in [0.15, 0.2) is 0 Å². The van der Waals surface area contributed by atoms with E-state index in [0.717, 1.165) is 32.4 Å². The van der Waals surface area contributed by atoms with Crippen LogP contribution in [0, 0.1) is 0 Å². The molecule has 2 amide bonds. The number of carbonyl (C=O) groups excluding carboxylic acids is 2. The fraction of sp³-hybridized carbons (Fsp3) is 0.833. The third kappa shape index (κ3) is 3.96. The molecule has 0 spiro atoms. The monoisotopic (exact) mass is 254 g/mol. The van der Waals surface area contributed by atoms with E-state index in [1.165, 1.54) is 4.90 Å². The zero-order valence-electron chi connectivity index (χ0n) is 10.9. The van der Waals surface area contributed by atoms with E-state index in [2.05, 4.69) is 5.32 Å². The van der Waals surface area contributed by atoms with Crippen LogP contribution in [-0.2, 0) is 9.59 Å². The van der Waals surface area contributed by atoms with Gasteiger partial charge in [-0.15, -0.1) is 0 Å². The normalized spacial score (nSPS) is 24.0. The molecule has 6 nitrogen and oxygen atoms in total. The first-order valence-corrected chi connectivity index (χ1v) is 6.56. The molecule has 1 atom stereocenters. The molecule has 1 saturated carbocycles. The average Bonchev–Trinajstić information content (AvgIpc) is 3.00. The second-order valence-electron chi connectivity index (χ2n) is 5.38. The second-order valence-corrected chi connectivity index (χ2v) is 5.38. The molecule has 0 aromatic carbocycles. The number of likely N-dealkylation sites (tertiary alicyclic amines) is 1. The molecule has 1 saturated heterocycles. The van der Waals surface area contributed by atoms with Gasteiger partial charge in [-0.25, -0.2) is 0 Å². The lowest BCUT2D eigenvalue weighted by Gasteiger charge is -2.21. The van der Waals surface area contributed by atoms with Crippen LogP contribution in [0.1, 0.15) is 19.3 Å². The van der Waals surface area contributed by atoms with Crippen molar-refractivity contribution in [2.24, 2.45) is 5.73 Å². The van der Waals surface area contributed by atoms with Crippen LogP contribution in [0.5, 0.6) is 0 Å². The van der Waals surface area contributed by atoms with Crippen molar-refractivity contribution in [3.63, 3.8) is 0 Å². The maximum atomic E-state index is 11.9. The molecule has 3 N–H and O–H groups in total. The van der Waals surface area contributed by atoms with E-state index in [4.69, 9.17) is 5.73 Å². The first kappa shape index (κ1) is 13.3. The Morgan fingerprint density at radius 1 is 1.39 bits per heavy atom. The smallest absolute Gasteiger partial charge is 0.239 e. The minimum Gasteiger partial charge on any atom is -0.352 e. The highest BCUT2D eigenvalue weighted by molar-refractivity contribution is 5.85. The molecule has 0 radical (unpaired) electrons. The number of nitrogens with zero attached hydrogens (tertiary/aromatic N) is 2. The Balaban J connectivity index is 1.68. The summed E-state index contributed by atoms with van der Waals surface area (Å²) in [6.07, 6.45) is 3.07. The van der Waals surface area contributed by atoms with E-state index in [1.807, 2.05) is 4.90 Å². The van der Waals surface area contributed by atoms with Crippen LogP contribution < -0.4 is 11.1 Å². The summed E-state index contributed by atoms with van der Waals surface area (Å²) in [7, 11) is 1.67. The van der Waals surface area contributed by atoms with Crippen molar-refractivity contribution in [1.29, 1.82) is 0 Å². The fourth-order valence-corrected chi connectivity index (χ4v) is 2.12. The predicted molar refractivity (Wildman–Crippen MR) is 67.8 cm³/mol. The highest BCUT2D eigenvalue weighted by Gasteiger charge is 2.26. The Kier molecular flexibility index (Phi) is 4.19. The van der Waals surface area contributed by atoms with Gasteiger partial charge in [-0.05, 0) is 19.3 Å². The quantitative estimate of drug-likeness (QED) is 0.643. The minimum atomic E-state index is -0.0635. The molecule has 2 fully saturated rings. The molecule has 1 aliphatic carbocycles. The van der Waals surface area contributed by atoms with E-state index in [0.29, 0.717) is 12.6 Å². The van der Waals surface area contributed by atoms with Gasteiger partial charge in [-0.2, -0.15) is 0 Å². The Morgan fingerprint density at radius 2 is 2.11 bits per heavy atom. The van der Waals surface area contributed by atoms with Crippen LogP contribution in [0.3, 0.4) is 0 Å². The third-order valence-electron chi connectivity index (χ3n) is 3.42. The molecule has 0 aromatic rings. The zero-order chi connectivity index (χ0) is 13.1. The number of hydrogen-bond acceptors (Lipinski definition) is 4. The average molecular weight is 254 g/mol. The number of rotatable bonds is 5. The third-order valence-corrected chi connectivity index (χ3v) is 3.42. The predicted octanol–water partition coefficient (Wildman–Crippen LogP) is -1.24. The highest BCUT2D eigenvalue weighted by atomic mass is 16.2. The molecule has 0 bridgehead atoms.